The summed E-state index contributed by atoms with van der Waals surface area (Å²) < 4.78 is 15.5. The van der Waals surface area contributed by atoms with Gasteiger partial charge in [-0.3, -0.25) is 4.79 Å². The molecule has 1 fully saturated rings. The molecule has 1 aromatic rings. The van der Waals surface area contributed by atoms with Crippen molar-refractivity contribution in [2.45, 2.75) is 26.3 Å². The zero-order valence-electron chi connectivity index (χ0n) is 17.3. The number of piperazine rings is 1. The van der Waals surface area contributed by atoms with Crippen molar-refractivity contribution >= 4 is 23.3 Å². The van der Waals surface area contributed by atoms with Gasteiger partial charge in [-0.1, -0.05) is 0 Å². The van der Waals surface area contributed by atoms with E-state index in [0.29, 0.717) is 13.0 Å². The van der Waals surface area contributed by atoms with E-state index in [2.05, 4.69) is 27.9 Å². The molecule has 0 amide bonds. The standard InChI is InChI=1S/C20H31N3O4S/c1-15-12-17(25-2)18(26-3)13-16(15)14-22-8-10-23(11-9-22)20(28)21-7-5-6-19(24)27-4/h12-13H,5-11,14H2,1-4H3,(H,21,28)/p+1. The molecule has 7 nitrogen and oxygen atoms in total. The molecular formula is C20H32N3O4S+. The SMILES string of the molecule is COC(=O)CCCNC(=S)N1CC[NH+](Cc2cc(OC)c(OC)cc2C)CC1. The van der Waals surface area contributed by atoms with Crippen molar-refractivity contribution in [3.05, 3.63) is 23.3 Å². The maximum absolute atomic E-state index is 11.1. The van der Waals surface area contributed by atoms with E-state index in [0.717, 1.165) is 55.8 Å². The van der Waals surface area contributed by atoms with Crippen LogP contribution >= 0.6 is 12.2 Å². The van der Waals surface area contributed by atoms with Crippen LogP contribution in [0.2, 0.25) is 0 Å². The minimum absolute atomic E-state index is 0.185. The van der Waals surface area contributed by atoms with Crippen molar-refractivity contribution in [1.29, 1.82) is 0 Å². The molecule has 0 radical (unpaired) electrons. The lowest BCUT2D eigenvalue weighted by molar-refractivity contribution is -0.917. The maximum Gasteiger partial charge on any atom is 0.305 e. The zero-order valence-corrected chi connectivity index (χ0v) is 18.1. The third kappa shape index (κ3) is 6.24. The minimum Gasteiger partial charge on any atom is -0.493 e. The Bertz CT molecular complexity index is 676. The summed E-state index contributed by atoms with van der Waals surface area (Å²) in [5.41, 5.74) is 2.50. The highest BCUT2D eigenvalue weighted by Gasteiger charge is 2.23. The summed E-state index contributed by atoms with van der Waals surface area (Å²) in [6, 6.07) is 4.12. The van der Waals surface area contributed by atoms with Gasteiger partial charge in [0.15, 0.2) is 16.6 Å². The number of carbonyl (C=O) groups is 1. The number of ether oxygens (including phenoxy) is 3. The number of benzene rings is 1. The summed E-state index contributed by atoms with van der Waals surface area (Å²) in [5, 5.41) is 4.01. The van der Waals surface area contributed by atoms with Crippen molar-refractivity contribution in [2.75, 3.05) is 54.1 Å². The molecule has 2 rings (SSSR count). The zero-order chi connectivity index (χ0) is 20.5. The molecule has 156 valence electrons. The van der Waals surface area contributed by atoms with Crippen LogP contribution in [0.5, 0.6) is 11.5 Å². The number of thiocarbonyl (C=S) groups is 1. The Balaban J connectivity index is 1.79. The Morgan fingerprint density at radius 2 is 1.82 bits per heavy atom. The lowest BCUT2D eigenvalue weighted by atomic mass is 10.1. The van der Waals surface area contributed by atoms with Gasteiger partial charge in [0, 0.05) is 18.5 Å². The average Bonchev–Trinajstić information content (AvgIpc) is 2.72. The fraction of sp³-hybridized carbons (Fsp3) is 0.600. The van der Waals surface area contributed by atoms with Crippen molar-refractivity contribution in [2.24, 2.45) is 0 Å². The topological polar surface area (TPSA) is 64.5 Å². The van der Waals surface area contributed by atoms with Gasteiger partial charge in [-0.2, -0.15) is 0 Å². The van der Waals surface area contributed by atoms with Crippen molar-refractivity contribution in [3.8, 4) is 11.5 Å². The Kier molecular flexibility index (Phi) is 8.79. The second-order valence-corrected chi connectivity index (χ2v) is 7.35. The number of quaternary nitrogens is 1. The van der Waals surface area contributed by atoms with Gasteiger partial charge in [-0.25, -0.2) is 0 Å². The van der Waals surface area contributed by atoms with Gasteiger partial charge in [0.05, 0.1) is 47.5 Å². The number of nitrogens with zero attached hydrogens (tertiary/aromatic N) is 1. The Morgan fingerprint density at radius 3 is 2.43 bits per heavy atom. The van der Waals surface area contributed by atoms with Crippen LogP contribution in [0.25, 0.3) is 0 Å². The molecule has 0 bridgehead atoms. The number of hydrogen-bond acceptors (Lipinski definition) is 5. The Morgan fingerprint density at radius 1 is 1.18 bits per heavy atom. The first-order chi connectivity index (χ1) is 13.5. The van der Waals surface area contributed by atoms with Gasteiger partial charge in [0.2, 0.25) is 0 Å². The third-order valence-electron chi connectivity index (χ3n) is 5.10. The van der Waals surface area contributed by atoms with Crippen LogP contribution in [0, 0.1) is 6.92 Å². The lowest BCUT2D eigenvalue weighted by Gasteiger charge is -2.34. The van der Waals surface area contributed by atoms with Gasteiger partial charge in [0.25, 0.3) is 0 Å². The van der Waals surface area contributed by atoms with Gasteiger partial charge in [-0.15, -0.1) is 0 Å². The van der Waals surface area contributed by atoms with Crippen LogP contribution in [-0.2, 0) is 16.1 Å². The second kappa shape index (κ2) is 11.1. The predicted octanol–water partition coefficient (Wildman–Crippen LogP) is 0.540. The summed E-state index contributed by atoms with van der Waals surface area (Å²) in [5.74, 6) is 1.36. The molecular weight excluding hydrogens is 378 g/mol. The highest BCUT2D eigenvalue weighted by Crippen LogP contribution is 2.29. The normalized spacial score (nSPS) is 14.5. The molecule has 28 heavy (non-hydrogen) atoms. The van der Waals surface area contributed by atoms with Crippen LogP contribution in [0.3, 0.4) is 0 Å². The summed E-state index contributed by atoms with van der Waals surface area (Å²) in [4.78, 5) is 14.9. The van der Waals surface area contributed by atoms with E-state index in [-0.39, 0.29) is 5.97 Å². The van der Waals surface area contributed by atoms with Gasteiger partial charge in [0.1, 0.15) is 6.54 Å². The lowest BCUT2D eigenvalue weighted by Crippen LogP contribution is -3.13. The maximum atomic E-state index is 11.1. The fourth-order valence-corrected chi connectivity index (χ4v) is 3.61. The largest absolute Gasteiger partial charge is 0.493 e. The molecule has 1 aliphatic heterocycles. The van der Waals surface area contributed by atoms with Crippen molar-refractivity contribution < 1.29 is 23.9 Å². The minimum atomic E-state index is -0.185. The average molecular weight is 411 g/mol. The molecule has 1 aliphatic rings. The van der Waals surface area contributed by atoms with Gasteiger partial charge < -0.3 is 29.3 Å². The molecule has 1 saturated heterocycles. The van der Waals surface area contributed by atoms with Gasteiger partial charge in [-0.05, 0) is 43.3 Å². The highest BCUT2D eigenvalue weighted by atomic mass is 32.1. The molecule has 1 aromatic carbocycles. The highest BCUT2D eigenvalue weighted by molar-refractivity contribution is 7.80. The summed E-state index contributed by atoms with van der Waals surface area (Å²) in [7, 11) is 4.74. The molecule has 0 aliphatic carbocycles. The van der Waals surface area contributed by atoms with E-state index in [1.54, 1.807) is 14.2 Å². The van der Waals surface area contributed by atoms with Crippen molar-refractivity contribution in [3.63, 3.8) is 0 Å². The number of methoxy groups -OCH3 is 3. The van der Waals surface area contributed by atoms with Crippen LogP contribution in [0.15, 0.2) is 12.1 Å². The monoisotopic (exact) mass is 410 g/mol. The quantitative estimate of drug-likeness (QED) is 0.368. The van der Waals surface area contributed by atoms with E-state index < -0.39 is 0 Å². The first kappa shape index (κ1) is 22.2. The first-order valence-electron chi connectivity index (χ1n) is 9.63. The van der Waals surface area contributed by atoms with E-state index in [9.17, 15) is 4.79 Å². The molecule has 2 N–H and O–H groups in total. The predicted molar refractivity (Wildman–Crippen MR) is 112 cm³/mol. The van der Waals surface area contributed by atoms with Gasteiger partial charge >= 0.3 is 5.97 Å². The van der Waals surface area contributed by atoms with E-state index in [1.165, 1.54) is 23.1 Å². The molecule has 0 atom stereocenters. The number of nitrogens with one attached hydrogen (secondary N) is 2. The fourth-order valence-electron chi connectivity index (χ4n) is 3.33. The van der Waals surface area contributed by atoms with E-state index in [1.807, 2.05) is 6.07 Å². The third-order valence-corrected chi connectivity index (χ3v) is 5.50. The Labute approximate surface area is 172 Å². The Hall–Kier alpha value is -2.06. The van der Waals surface area contributed by atoms with Crippen LogP contribution in [0.1, 0.15) is 24.0 Å². The summed E-state index contributed by atoms with van der Waals surface area (Å²) >= 11 is 5.49. The number of esters is 1. The number of rotatable bonds is 8. The van der Waals surface area contributed by atoms with E-state index in [4.69, 9.17) is 21.7 Å². The van der Waals surface area contributed by atoms with E-state index >= 15 is 0 Å². The number of carbonyl (C=O) groups excluding carboxylic acids is 1. The molecule has 0 unspecified atom stereocenters. The van der Waals surface area contributed by atoms with Crippen molar-refractivity contribution in [1.82, 2.24) is 10.2 Å². The first-order valence-corrected chi connectivity index (χ1v) is 10.0. The smallest absolute Gasteiger partial charge is 0.305 e. The summed E-state index contributed by atoms with van der Waals surface area (Å²) in [6.07, 6.45) is 1.13. The second-order valence-electron chi connectivity index (χ2n) is 6.96. The van der Waals surface area contributed by atoms with Crippen LogP contribution in [0.4, 0.5) is 0 Å². The van der Waals surface area contributed by atoms with Crippen LogP contribution < -0.4 is 19.7 Å². The molecule has 8 heteroatoms. The molecule has 0 saturated carbocycles. The number of aryl methyl sites for hydroxylation is 1. The summed E-state index contributed by atoms with van der Waals surface area (Å²) in [6.45, 7) is 7.65. The number of hydrogen-bond donors (Lipinski definition) is 2. The molecule has 0 spiro atoms. The van der Waals surface area contributed by atoms with Crippen LogP contribution in [-0.4, -0.2) is 70.0 Å². The molecule has 0 aromatic heterocycles. The molecule has 1 heterocycles.